The topological polar surface area (TPSA) is 50.9 Å². The predicted molar refractivity (Wildman–Crippen MR) is 76.8 cm³/mol. The Hall–Kier alpha value is -1.29. The van der Waals surface area contributed by atoms with Crippen molar-refractivity contribution in [1.82, 2.24) is 4.98 Å². The molecule has 92 valence electrons. The largest absolute Gasteiger partial charge is 0.397 e. The van der Waals surface area contributed by atoms with Crippen molar-refractivity contribution in [2.24, 2.45) is 0 Å². The molecule has 0 unspecified atom stereocenters. The SMILES string of the molecule is CCC(CC)Nc1cc2nc(C)sc2cc1N. The van der Waals surface area contributed by atoms with Gasteiger partial charge in [0.05, 0.1) is 26.6 Å². The van der Waals surface area contributed by atoms with E-state index in [-0.39, 0.29) is 0 Å². The van der Waals surface area contributed by atoms with Crippen molar-refractivity contribution < 1.29 is 0 Å². The number of aryl methyl sites for hydroxylation is 1. The number of nitrogens with zero attached hydrogens (tertiary/aromatic N) is 1. The summed E-state index contributed by atoms with van der Waals surface area (Å²) in [5.74, 6) is 0. The molecule has 3 N–H and O–H groups in total. The summed E-state index contributed by atoms with van der Waals surface area (Å²) in [6, 6.07) is 4.56. The number of nitrogens with two attached hydrogens (primary N) is 1. The molecule has 0 amide bonds. The summed E-state index contributed by atoms with van der Waals surface area (Å²) < 4.78 is 1.16. The van der Waals surface area contributed by atoms with Gasteiger partial charge in [-0.15, -0.1) is 11.3 Å². The van der Waals surface area contributed by atoms with Gasteiger partial charge in [-0.05, 0) is 31.9 Å². The van der Waals surface area contributed by atoms with Crippen LogP contribution in [0.1, 0.15) is 31.7 Å². The normalized spacial score (nSPS) is 11.3. The lowest BCUT2D eigenvalue weighted by Crippen LogP contribution is -2.17. The molecule has 2 rings (SSSR count). The van der Waals surface area contributed by atoms with Gasteiger partial charge in [-0.1, -0.05) is 13.8 Å². The third-order valence-corrected chi connectivity index (χ3v) is 3.95. The number of fused-ring (bicyclic) bond motifs is 1. The molecule has 2 aromatic rings. The molecule has 17 heavy (non-hydrogen) atoms. The molecule has 1 aromatic heterocycles. The lowest BCUT2D eigenvalue weighted by atomic mass is 10.1. The molecule has 0 radical (unpaired) electrons. The van der Waals surface area contributed by atoms with Crippen molar-refractivity contribution in [3.8, 4) is 0 Å². The van der Waals surface area contributed by atoms with Gasteiger partial charge in [-0.2, -0.15) is 0 Å². The Morgan fingerprint density at radius 1 is 1.35 bits per heavy atom. The minimum atomic E-state index is 0.481. The maximum absolute atomic E-state index is 6.07. The molecule has 0 atom stereocenters. The molecule has 0 saturated carbocycles. The molecule has 0 aliphatic heterocycles. The Morgan fingerprint density at radius 2 is 2.06 bits per heavy atom. The number of benzene rings is 1. The second-order valence-corrected chi connectivity index (χ2v) is 5.53. The van der Waals surface area contributed by atoms with Crippen LogP contribution in [0.2, 0.25) is 0 Å². The zero-order valence-corrected chi connectivity index (χ0v) is 11.4. The summed E-state index contributed by atoms with van der Waals surface area (Å²) >= 11 is 1.69. The fourth-order valence-electron chi connectivity index (χ4n) is 1.94. The standard InChI is InChI=1S/C13H19N3S/c1-4-9(5-2)16-11-7-12-13(6-10(11)14)17-8(3)15-12/h6-7,9,16H,4-5,14H2,1-3H3. The molecule has 0 saturated heterocycles. The maximum atomic E-state index is 6.07. The number of nitrogen functional groups attached to an aromatic ring is 1. The average molecular weight is 249 g/mol. The van der Waals surface area contributed by atoms with Crippen molar-refractivity contribution in [3.05, 3.63) is 17.1 Å². The Labute approximate surface area is 106 Å². The van der Waals surface area contributed by atoms with Crippen molar-refractivity contribution in [1.29, 1.82) is 0 Å². The van der Waals surface area contributed by atoms with E-state index in [9.17, 15) is 0 Å². The van der Waals surface area contributed by atoms with E-state index in [4.69, 9.17) is 5.73 Å². The highest BCUT2D eigenvalue weighted by molar-refractivity contribution is 7.18. The van der Waals surface area contributed by atoms with Crippen LogP contribution in [0.3, 0.4) is 0 Å². The van der Waals surface area contributed by atoms with Gasteiger partial charge in [-0.25, -0.2) is 4.98 Å². The van der Waals surface area contributed by atoms with E-state index in [1.54, 1.807) is 11.3 Å². The first-order chi connectivity index (χ1) is 8.13. The number of anilines is 2. The van der Waals surface area contributed by atoms with Crippen LogP contribution >= 0.6 is 11.3 Å². The van der Waals surface area contributed by atoms with Gasteiger partial charge >= 0.3 is 0 Å². The van der Waals surface area contributed by atoms with Gasteiger partial charge in [0, 0.05) is 6.04 Å². The fraction of sp³-hybridized carbons (Fsp3) is 0.462. The summed E-state index contributed by atoms with van der Waals surface area (Å²) in [5.41, 5.74) is 8.93. The third-order valence-electron chi connectivity index (χ3n) is 3.01. The monoisotopic (exact) mass is 249 g/mol. The van der Waals surface area contributed by atoms with E-state index >= 15 is 0 Å². The molecular weight excluding hydrogens is 230 g/mol. The highest BCUT2D eigenvalue weighted by Gasteiger charge is 2.09. The van der Waals surface area contributed by atoms with Gasteiger partial charge in [0.2, 0.25) is 0 Å². The number of nitrogens with one attached hydrogen (secondary N) is 1. The molecule has 4 heteroatoms. The zero-order valence-electron chi connectivity index (χ0n) is 10.6. The molecule has 0 spiro atoms. The van der Waals surface area contributed by atoms with Crippen LogP contribution in [0.4, 0.5) is 11.4 Å². The molecule has 0 bridgehead atoms. The Bertz CT molecular complexity index is 515. The van der Waals surface area contributed by atoms with Gasteiger partial charge in [0.15, 0.2) is 0 Å². The minimum Gasteiger partial charge on any atom is -0.397 e. The molecule has 3 nitrogen and oxygen atoms in total. The molecule has 0 aliphatic carbocycles. The summed E-state index contributed by atoms with van der Waals surface area (Å²) in [4.78, 5) is 4.50. The highest BCUT2D eigenvalue weighted by Crippen LogP contribution is 2.30. The van der Waals surface area contributed by atoms with Crippen LogP contribution < -0.4 is 11.1 Å². The van der Waals surface area contributed by atoms with Crippen LogP contribution in [0.5, 0.6) is 0 Å². The maximum Gasteiger partial charge on any atom is 0.0907 e. The van der Waals surface area contributed by atoms with Crippen LogP contribution in [-0.2, 0) is 0 Å². The van der Waals surface area contributed by atoms with Crippen LogP contribution in [-0.4, -0.2) is 11.0 Å². The van der Waals surface area contributed by atoms with Gasteiger partial charge < -0.3 is 11.1 Å². The quantitative estimate of drug-likeness (QED) is 0.811. The highest BCUT2D eigenvalue weighted by atomic mass is 32.1. The Kier molecular flexibility index (Phi) is 3.52. The lowest BCUT2D eigenvalue weighted by molar-refractivity contribution is 0.672. The van der Waals surface area contributed by atoms with E-state index in [0.29, 0.717) is 6.04 Å². The summed E-state index contributed by atoms with van der Waals surface area (Å²) in [7, 11) is 0. The fourth-order valence-corrected chi connectivity index (χ4v) is 2.80. The smallest absolute Gasteiger partial charge is 0.0907 e. The van der Waals surface area contributed by atoms with E-state index < -0.39 is 0 Å². The van der Waals surface area contributed by atoms with Crippen LogP contribution in [0.25, 0.3) is 10.2 Å². The van der Waals surface area contributed by atoms with E-state index in [2.05, 4.69) is 30.2 Å². The zero-order chi connectivity index (χ0) is 12.4. The van der Waals surface area contributed by atoms with Crippen molar-refractivity contribution in [3.63, 3.8) is 0 Å². The van der Waals surface area contributed by atoms with Gasteiger partial charge in [-0.3, -0.25) is 0 Å². The van der Waals surface area contributed by atoms with E-state index in [1.807, 2.05) is 13.0 Å². The van der Waals surface area contributed by atoms with E-state index in [0.717, 1.165) is 39.4 Å². The lowest BCUT2D eigenvalue weighted by Gasteiger charge is -2.17. The van der Waals surface area contributed by atoms with E-state index in [1.165, 1.54) is 0 Å². The minimum absolute atomic E-state index is 0.481. The Balaban J connectivity index is 2.36. The number of aromatic nitrogens is 1. The molecule has 1 heterocycles. The number of thiazole rings is 1. The first kappa shape index (κ1) is 12.2. The third kappa shape index (κ3) is 2.52. The Morgan fingerprint density at radius 3 is 2.71 bits per heavy atom. The second kappa shape index (κ2) is 4.92. The first-order valence-corrected chi connectivity index (χ1v) is 6.88. The van der Waals surface area contributed by atoms with Crippen LogP contribution in [0, 0.1) is 6.92 Å². The molecular formula is C13H19N3S. The van der Waals surface area contributed by atoms with Gasteiger partial charge in [0.25, 0.3) is 0 Å². The summed E-state index contributed by atoms with van der Waals surface area (Å²) in [6.07, 6.45) is 2.20. The number of hydrogen-bond donors (Lipinski definition) is 2. The average Bonchev–Trinajstić information content (AvgIpc) is 2.65. The number of rotatable bonds is 4. The number of hydrogen-bond acceptors (Lipinski definition) is 4. The van der Waals surface area contributed by atoms with Crippen LogP contribution in [0.15, 0.2) is 12.1 Å². The first-order valence-electron chi connectivity index (χ1n) is 6.07. The predicted octanol–water partition coefficient (Wildman–Crippen LogP) is 3.79. The second-order valence-electron chi connectivity index (χ2n) is 4.30. The van der Waals surface area contributed by atoms with Crippen molar-refractivity contribution in [2.75, 3.05) is 11.1 Å². The molecule has 1 aromatic carbocycles. The summed E-state index contributed by atoms with van der Waals surface area (Å²) in [5, 5.41) is 4.57. The molecule has 0 fully saturated rings. The van der Waals surface area contributed by atoms with Crippen molar-refractivity contribution in [2.45, 2.75) is 39.7 Å². The van der Waals surface area contributed by atoms with Gasteiger partial charge in [0.1, 0.15) is 0 Å². The summed E-state index contributed by atoms with van der Waals surface area (Å²) in [6.45, 7) is 6.39. The van der Waals surface area contributed by atoms with Crippen molar-refractivity contribution >= 4 is 32.9 Å². The molecule has 0 aliphatic rings.